The van der Waals surface area contributed by atoms with E-state index in [4.69, 9.17) is 17.7 Å². The van der Waals surface area contributed by atoms with Crippen LogP contribution in [0, 0.1) is 0 Å². The summed E-state index contributed by atoms with van der Waals surface area (Å²) < 4.78 is 29.5. The van der Waals surface area contributed by atoms with Gasteiger partial charge in [0.05, 0.1) is 0 Å². The lowest BCUT2D eigenvalue weighted by atomic mass is 9.79. The van der Waals surface area contributed by atoms with Crippen LogP contribution >= 0.6 is 0 Å². The van der Waals surface area contributed by atoms with E-state index >= 15 is 0 Å². The number of hydrogen-bond donors (Lipinski definition) is 1. The fourth-order valence-electron chi connectivity index (χ4n) is 9.84. The Morgan fingerprint density at radius 1 is 0.303 bits per heavy atom. The van der Waals surface area contributed by atoms with Crippen molar-refractivity contribution in [1.82, 2.24) is 0 Å². The van der Waals surface area contributed by atoms with Gasteiger partial charge in [-0.2, -0.15) is 0 Å². The average Bonchev–Trinajstić information content (AvgIpc) is 3.13. The predicted octanol–water partition coefficient (Wildman–Crippen LogP) is 15.1. The van der Waals surface area contributed by atoms with Crippen LogP contribution in [0.4, 0.5) is 0 Å². The van der Waals surface area contributed by atoms with Crippen LogP contribution in [0.1, 0.15) is 187 Å². The molecule has 0 saturated carbocycles. The molecule has 1 N–H and O–H groups in total. The molecule has 6 aliphatic rings. The number of phenolic OH excluding ortho intramolecular Hbond substituents is 1. The second-order valence-electron chi connectivity index (χ2n) is 26.0. The van der Waals surface area contributed by atoms with Crippen LogP contribution in [0.3, 0.4) is 0 Å². The smallest absolute Gasteiger partial charge is 0.454 e. The van der Waals surface area contributed by atoms with Crippen molar-refractivity contribution in [3.63, 3.8) is 0 Å². The third-order valence-corrected chi connectivity index (χ3v) is 16.6. The number of aromatic hydroxyl groups is 1. The summed E-state index contributed by atoms with van der Waals surface area (Å²) in [7, 11) is -5.87. The average molecular weight is 923 g/mol. The Hall–Kier alpha value is -4.47. The highest BCUT2D eigenvalue weighted by Gasteiger charge is 2.40. The Morgan fingerprint density at radius 2 is 0.455 bits per heavy atom. The molecule has 14 bridgehead atoms. The Bertz CT molecular complexity index is 2580. The van der Waals surface area contributed by atoms with Crippen LogP contribution < -0.4 is 17.7 Å². The van der Waals surface area contributed by atoms with E-state index in [1.54, 1.807) is 0 Å². The zero-order chi connectivity index (χ0) is 48.5. The van der Waals surface area contributed by atoms with E-state index in [1.165, 1.54) is 38.9 Å². The van der Waals surface area contributed by atoms with Gasteiger partial charge in [-0.15, -0.1) is 0 Å². The lowest BCUT2D eigenvalue weighted by Crippen LogP contribution is -2.44. The minimum Gasteiger partial charge on any atom is -0.512 e. The maximum atomic E-state index is 12.8. The van der Waals surface area contributed by atoms with Crippen molar-refractivity contribution >= 4 is 17.1 Å². The Balaban J connectivity index is 1.55. The molecule has 0 fully saturated rings. The van der Waals surface area contributed by atoms with Crippen LogP contribution in [0.15, 0.2) is 60.7 Å². The lowest BCUT2D eigenvalue weighted by Gasteiger charge is -2.36. The summed E-state index contributed by atoms with van der Waals surface area (Å²) in [5.41, 5.74) is 16.5. The topological polar surface area (TPSA) is 57.2 Å². The van der Waals surface area contributed by atoms with Crippen LogP contribution in [-0.4, -0.2) is 22.2 Å². The van der Waals surface area contributed by atoms with Gasteiger partial charge in [0, 0.05) is 58.3 Å². The molecule has 5 aliphatic heterocycles. The van der Waals surface area contributed by atoms with Crippen LogP contribution in [0.25, 0.3) is 0 Å². The van der Waals surface area contributed by atoms with Crippen molar-refractivity contribution in [2.75, 3.05) is 0 Å². The van der Waals surface area contributed by atoms with E-state index in [1.807, 2.05) is 0 Å². The van der Waals surface area contributed by atoms with E-state index in [0.29, 0.717) is 37.9 Å². The van der Waals surface area contributed by atoms with Gasteiger partial charge in [0.1, 0.15) is 28.7 Å². The normalized spacial score (nSPS) is 16.9. The van der Waals surface area contributed by atoms with Crippen LogP contribution in [0.5, 0.6) is 28.7 Å². The van der Waals surface area contributed by atoms with Crippen LogP contribution in [0.2, 0.25) is 26.2 Å². The van der Waals surface area contributed by atoms with Crippen molar-refractivity contribution < 1.29 is 22.8 Å². The third kappa shape index (κ3) is 9.63. The molecule has 5 nitrogen and oxygen atoms in total. The van der Waals surface area contributed by atoms with Gasteiger partial charge in [0.25, 0.3) is 0 Å². The van der Waals surface area contributed by atoms with E-state index in [-0.39, 0.29) is 27.1 Å². The summed E-state index contributed by atoms with van der Waals surface area (Å²) >= 11 is 0. The molecule has 352 valence electrons. The first-order chi connectivity index (χ1) is 30.1. The minimum atomic E-state index is -2.94. The molecule has 0 unspecified atom stereocenters. The Kier molecular flexibility index (Phi) is 11.5. The summed E-state index contributed by atoms with van der Waals surface area (Å²) in [5.74, 6) is 3.97. The van der Waals surface area contributed by atoms with Crippen molar-refractivity contribution in [2.24, 2.45) is 0 Å². The van der Waals surface area contributed by atoms with Gasteiger partial charge in [-0.05, 0) is 111 Å². The third-order valence-electron chi connectivity index (χ3n) is 13.9. The first-order valence-corrected chi connectivity index (χ1v) is 30.0. The number of hydrogen-bond acceptors (Lipinski definition) is 5. The van der Waals surface area contributed by atoms with Crippen molar-refractivity contribution in [3.05, 3.63) is 144 Å². The molecule has 5 aromatic rings. The Morgan fingerprint density at radius 3 is 0.621 bits per heavy atom. The molecule has 7 heteroatoms. The first-order valence-electron chi connectivity index (χ1n) is 24.4. The van der Waals surface area contributed by atoms with Gasteiger partial charge in [-0.1, -0.05) is 165 Å². The molecular formula is C59H78O5Si2. The second kappa shape index (κ2) is 15.8. The quantitative estimate of drug-likeness (QED) is 0.154. The standard InChI is InChI=1S/C59H78O5Si2/c1-55(2,3)45-25-35-20-37-27-46(56(4,5)6)29-39-22-41-31-48(58(10,11)12)33-43(53(41)63-65(16,17)61-51(37)39)24-44-34-49(59(13,14)15)32-42-23-40-30-47(57(7,8)9)28-38(21-36(26-45)50(35)60)52(40)62-66(18,19)64-54(42)44/h25-34,60H,20-24H2,1-19H3. The molecular weight excluding hydrogens is 845 g/mol. The molecule has 11 rings (SSSR count). The molecule has 0 saturated heterocycles. The largest absolute Gasteiger partial charge is 0.512 e. The van der Waals surface area contributed by atoms with Crippen LogP contribution in [-0.2, 0) is 59.2 Å². The Labute approximate surface area is 400 Å². The molecule has 0 radical (unpaired) electrons. The summed E-state index contributed by atoms with van der Waals surface area (Å²) in [5, 5.41) is 12.8. The van der Waals surface area contributed by atoms with E-state index < -0.39 is 17.1 Å². The zero-order valence-electron chi connectivity index (χ0n) is 43.9. The maximum Gasteiger partial charge on any atom is 0.454 e. The molecule has 0 amide bonds. The van der Waals surface area contributed by atoms with Gasteiger partial charge >= 0.3 is 17.1 Å². The molecule has 66 heavy (non-hydrogen) atoms. The highest BCUT2D eigenvalue weighted by molar-refractivity contribution is 6.66. The molecule has 5 heterocycles. The first kappa shape index (κ1) is 48.0. The summed E-state index contributed by atoms with van der Waals surface area (Å²) in [6.07, 6.45) is 2.97. The maximum absolute atomic E-state index is 12.8. The monoisotopic (exact) mass is 923 g/mol. The lowest BCUT2D eigenvalue weighted by molar-refractivity contribution is 0.382. The van der Waals surface area contributed by atoms with Crippen molar-refractivity contribution in [3.8, 4) is 28.7 Å². The van der Waals surface area contributed by atoms with Gasteiger partial charge < -0.3 is 22.8 Å². The van der Waals surface area contributed by atoms with Gasteiger partial charge in [0.2, 0.25) is 0 Å². The van der Waals surface area contributed by atoms with Gasteiger partial charge in [0.15, 0.2) is 0 Å². The van der Waals surface area contributed by atoms with Gasteiger partial charge in [-0.25, -0.2) is 0 Å². The zero-order valence-corrected chi connectivity index (χ0v) is 45.9. The van der Waals surface area contributed by atoms with Crippen molar-refractivity contribution in [2.45, 2.75) is 189 Å². The molecule has 5 aromatic carbocycles. The summed E-state index contributed by atoms with van der Waals surface area (Å²) in [6, 6.07) is 23.5. The van der Waals surface area contributed by atoms with Crippen molar-refractivity contribution in [1.29, 1.82) is 0 Å². The number of benzene rings is 5. The summed E-state index contributed by atoms with van der Waals surface area (Å²) in [6.45, 7) is 43.1. The predicted molar refractivity (Wildman–Crippen MR) is 279 cm³/mol. The summed E-state index contributed by atoms with van der Waals surface area (Å²) in [4.78, 5) is 0. The highest BCUT2D eigenvalue weighted by Crippen LogP contribution is 2.48. The number of phenols is 1. The molecule has 0 atom stereocenters. The minimum absolute atomic E-state index is 0.120. The van der Waals surface area contributed by atoms with E-state index in [9.17, 15) is 5.11 Å². The van der Waals surface area contributed by atoms with Gasteiger partial charge in [-0.3, -0.25) is 0 Å². The fourth-order valence-corrected chi connectivity index (χ4v) is 12.9. The molecule has 0 aromatic heterocycles. The SMILES string of the molecule is CC(C)(C)c1cc2c(O)c(c1)Cc1cc(C(C)(C)C)cc3c1O[Si](C)(C)Oc1c(cc(C(C)(C)C)cc1Cc1cc(C(C)(C)C)cc4c1O[Si](C)(C)Oc1c(cc(C(C)(C)C)cc1C4)C2)C3. The van der Waals surface area contributed by atoms with E-state index in [2.05, 4.69) is 191 Å². The second-order valence-corrected chi connectivity index (χ2v) is 32.4. The molecule has 0 spiro atoms. The highest BCUT2D eigenvalue weighted by atomic mass is 28.4. The number of rotatable bonds is 0. The molecule has 1 aliphatic carbocycles. The van der Waals surface area contributed by atoms with E-state index in [0.717, 1.165) is 67.5 Å². The fraction of sp³-hybridized carbons (Fsp3) is 0.492.